The third kappa shape index (κ3) is 4.91. The molecule has 0 bridgehead atoms. The van der Waals surface area contributed by atoms with Gasteiger partial charge in [-0.2, -0.15) is 0 Å². The first kappa shape index (κ1) is 18.7. The number of anilines is 1. The number of nitrogens with one attached hydrogen (secondary N) is 2. The molecule has 0 saturated carbocycles. The predicted octanol–water partition coefficient (Wildman–Crippen LogP) is 1.60. The van der Waals surface area contributed by atoms with Crippen LogP contribution in [0.1, 0.15) is 27.1 Å². The predicted molar refractivity (Wildman–Crippen MR) is 92.0 cm³/mol. The number of para-hydroxylation sites is 1. The average Bonchev–Trinajstić information content (AvgIpc) is 2.61. The Bertz CT molecular complexity index is 835. The van der Waals surface area contributed by atoms with Crippen LogP contribution in [0.25, 0.3) is 0 Å². The van der Waals surface area contributed by atoms with Gasteiger partial charge in [-0.05, 0) is 24.3 Å². The lowest BCUT2D eigenvalue weighted by Crippen LogP contribution is -2.42. The number of rotatable bonds is 7. The normalized spacial score (nSPS) is 11.2. The van der Waals surface area contributed by atoms with Gasteiger partial charge in [-0.15, -0.1) is 0 Å². The van der Waals surface area contributed by atoms with Crippen LogP contribution in [0.3, 0.4) is 0 Å². The zero-order valence-electron chi connectivity index (χ0n) is 13.5. The highest BCUT2D eigenvalue weighted by molar-refractivity contribution is 6.09. The molecule has 26 heavy (non-hydrogen) atoms. The van der Waals surface area contributed by atoms with E-state index in [0.29, 0.717) is 5.56 Å². The number of carbonyl (C=O) groups is 4. The minimum atomic E-state index is -1.59. The highest BCUT2D eigenvalue weighted by Gasteiger charge is 2.24. The first-order valence-corrected chi connectivity index (χ1v) is 7.59. The Morgan fingerprint density at radius 3 is 2.08 bits per heavy atom. The number of aliphatic carboxylic acids is 2. The fourth-order valence-corrected chi connectivity index (χ4v) is 2.18. The van der Waals surface area contributed by atoms with E-state index in [-0.39, 0.29) is 11.3 Å². The summed E-state index contributed by atoms with van der Waals surface area (Å²) in [4.78, 5) is 46.4. The Kier molecular flexibility index (Phi) is 6.05. The van der Waals surface area contributed by atoms with Crippen LogP contribution in [0.4, 0.5) is 5.69 Å². The van der Waals surface area contributed by atoms with Crippen molar-refractivity contribution in [2.45, 2.75) is 12.5 Å². The Labute approximate surface area is 148 Å². The molecule has 2 aromatic rings. The van der Waals surface area contributed by atoms with Crippen molar-refractivity contribution in [3.8, 4) is 0 Å². The highest BCUT2D eigenvalue weighted by atomic mass is 16.4. The molecule has 0 heterocycles. The van der Waals surface area contributed by atoms with E-state index in [9.17, 15) is 19.2 Å². The number of carboxylic acid groups (broad SMARTS) is 2. The van der Waals surface area contributed by atoms with Gasteiger partial charge in [-0.3, -0.25) is 14.4 Å². The van der Waals surface area contributed by atoms with Crippen molar-refractivity contribution in [3.63, 3.8) is 0 Å². The second-order valence-corrected chi connectivity index (χ2v) is 5.33. The third-order valence-electron chi connectivity index (χ3n) is 3.44. The van der Waals surface area contributed by atoms with Gasteiger partial charge in [-0.25, -0.2) is 4.79 Å². The first-order chi connectivity index (χ1) is 12.4. The Hall–Kier alpha value is -3.68. The maximum Gasteiger partial charge on any atom is 0.326 e. The summed E-state index contributed by atoms with van der Waals surface area (Å²) in [5.74, 6) is -4.07. The zero-order valence-corrected chi connectivity index (χ0v) is 13.5. The summed E-state index contributed by atoms with van der Waals surface area (Å²) in [5, 5.41) is 22.5. The molecule has 4 N–H and O–H groups in total. The van der Waals surface area contributed by atoms with E-state index >= 15 is 0 Å². The van der Waals surface area contributed by atoms with Gasteiger partial charge in [0.2, 0.25) is 0 Å². The summed E-state index contributed by atoms with van der Waals surface area (Å²) >= 11 is 0. The zero-order chi connectivity index (χ0) is 19.1. The van der Waals surface area contributed by atoms with Crippen LogP contribution in [0.2, 0.25) is 0 Å². The van der Waals surface area contributed by atoms with Gasteiger partial charge < -0.3 is 20.8 Å². The lowest BCUT2D eigenvalue weighted by molar-refractivity contribution is -0.145. The molecule has 8 heteroatoms. The molecule has 2 rings (SSSR count). The van der Waals surface area contributed by atoms with Gasteiger partial charge in [-0.1, -0.05) is 30.3 Å². The molecule has 0 fully saturated rings. The molecule has 0 spiro atoms. The van der Waals surface area contributed by atoms with Crippen molar-refractivity contribution in [1.82, 2.24) is 5.32 Å². The molecule has 2 amide bonds. The molecule has 0 radical (unpaired) electrons. The standard InChI is InChI=1S/C18H16N2O6/c21-15(22)10-14(18(25)26)20-17(24)12-8-4-5-9-13(12)19-16(23)11-6-2-1-3-7-11/h1-9,14H,10H2,(H,19,23)(H,20,24)(H,21,22)(H,25,26)/t14-/m0/s1. The summed E-state index contributed by atoms with van der Waals surface area (Å²) in [6.07, 6.45) is -0.764. The number of carboxylic acids is 2. The number of hydrogen-bond donors (Lipinski definition) is 4. The van der Waals surface area contributed by atoms with Crippen molar-refractivity contribution in [1.29, 1.82) is 0 Å². The summed E-state index contributed by atoms with van der Waals surface area (Å²) in [6, 6.07) is 12.8. The van der Waals surface area contributed by atoms with Gasteiger partial charge in [0.1, 0.15) is 6.04 Å². The van der Waals surface area contributed by atoms with E-state index < -0.39 is 36.2 Å². The smallest absolute Gasteiger partial charge is 0.326 e. The van der Waals surface area contributed by atoms with Gasteiger partial charge >= 0.3 is 11.9 Å². The molecule has 2 aromatic carbocycles. The van der Waals surface area contributed by atoms with E-state index in [4.69, 9.17) is 10.2 Å². The molecule has 0 saturated heterocycles. The minimum Gasteiger partial charge on any atom is -0.481 e. The molecular formula is C18H16N2O6. The number of hydrogen-bond acceptors (Lipinski definition) is 4. The quantitative estimate of drug-likeness (QED) is 0.595. The van der Waals surface area contributed by atoms with Crippen LogP contribution in [0.15, 0.2) is 54.6 Å². The molecule has 134 valence electrons. The average molecular weight is 356 g/mol. The summed E-state index contributed by atoms with van der Waals surface area (Å²) < 4.78 is 0. The van der Waals surface area contributed by atoms with E-state index in [1.54, 1.807) is 42.5 Å². The van der Waals surface area contributed by atoms with E-state index in [0.717, 1.165) is 0 Å². The van der Waals surface area contributed by atoms with Gasteiger partial charge in [0.25, 0.3) is 11.8 Å². The largest absolute Gasteiger partial charge is 0.481 e. The van der Waals surface area contributed by atoms with Crippen LogP contribution in [0, 0.1) is 0 Å². The van der Waals surface area contributed by atoms with Crippen molar-refractivity contribution < 1.29 is 29.4 Å². The van der Waals surface area contributed by atoms with E-state index in [1.807, 2.05) is 0 Å². The monoisotopic (exact) mass is 356 g/mol. The van der Waals surface area contributed by atoms with Gasteiger partial charge in [0.15, 0.2) is 0 Å². The van der Waals surface area contributed by atoms with Crippen molar-refractivity contribution in [2.24, 2.45) is 0 Å². The number of benzene rings is 2. The molecule has 8 nitrogen and oxygen atoms in total. The Morgan fingerprint density at radius 2 is 1.46 bits per heavy atom. The molecule has 1 atom stereocenters. The van der Waals surface area contributed by atoms with Crippen molar-refractivity contribution in [2.75, 3.05) is 5.32 Å². The van der Waals surface area contributed by atoms with Crippen molar-refractivity contribution >= 4 is 29.4 Å². The second kappa shape index (κ2) is 8.43. The fourth-order valence-electron chi connectivity index (χ4n) is 2.18. The molecule has 0 unspecified atom stereocenters. The summed E-state index contributed by atoms with van der Waals surface area (Å²) in [6.45, 7) is 0. The van der Waals surface area contributed by atoms with Crippen LogP contribution in [-0.4, -0.2) is 40.0 Å². The maximum atomic E-state index is 12.4. The summed E-state index contributed by atoms with van der Waals surface area (Å²) in [5.41, 5.74) is 0.587. The van der Waals surface area contributed by atoms with E-state index in [1.165, 1.54) is 12.1 Å². The lowest BCUT2D eigenvalue weighted by atomic mass is 10.1. The molecular weight excluding hydrogens is 340 g/mol. The lowest BCUT2D eigenvalue weighted by Gasteiger charge is -2.15. The number of amides is 2. The highest BCUT2D eigenvalue weighted by Crippen LogP contribution is 2.17. The van der Waals surface area contributed by atoms with Gasteiger partial charge in [0.05, 0.1) is 17.7 Å². The maximum absolute atomic E-state index is 12.4. The van der Waals surface area contributed by atoms with Crippen LogP contribution >= 0.6 is 0 Å². The Morgan fingerprint density at radius 1 is 0.846 bits per heavy atom. The first-order valence-electron chi connectivity index (χ1n) is 7.59. The number of carbonyl (C=O) groups excluding carboxylic acids is 2. The SMILES string of the molecule is O=C(O)C[C@H](NC(=O)c1ccccc1NC(=O)c1ccccc1)C(=O)O. The Balaban J connectivity index is 2.19. The van der Waals surface area contributed by atoms with Crippen LogP contribution in [0.5, 0.6) is 0 Å². The van der Waals surface area contributed by atoms with E-state index in [2.05, 4.69) is 10.6 Å². The summed E-state index contributed by atoms with van der Waals surface area (Å²) in [7, 11) is 0. The second-order valence-electron chi connectivity index (χ2n) is 5.33. The molecule has 0 aromatic heterocycles. The molecule has 0 aliphatic heterocycles. The third-order valence-corrected chi connectivity index (χ3v) is 3.44. The molecule has 0 aliphatic carbocycles. The topological polar surface area (TPSA) is 133 Å². The fraction of sp³-hybridized carbons (Fsp3) is 0.111. The molecule has 0 aliphatic rings. The van der Waals surface area contributed by atoms with Crippen LogP contribution in [-0.2, 0) is 9.59 Å². The van der Waals surface area contributed by atoms with Crippen LogP contribution < -0.4 is 10.6 Å². The minimum absolute atomic E-state index is 0.0217. The van der Waals surface area contributed by atoms with Gasteiger partial charge in [0, 0.05) is 5.56 Å². The van der Waals surface area contributed by atoms with Crippen molar-refractivity contribution in [3.05, 3.63) is 65.7 Å².